The van der Waals surface area contributed by atoms with E-state index in [0.717, 1.165) is 12.8 Å². The number of hydrogen-bond acceptors (Lipinski definition) is 4. The maximum Gasteiger partial charge on any atom is 0.255 e. The molecule has 126 valence electrons. The summed E-state index contributed by atoms with van der Waals surface area (Å²) >= 11 is 0. The lowest BCUT2D eigenvalue weighted by molar-refractivity contribution is -0.117. The Hall–Kier alpha value is -2.74. The number of unbranched alkanes of at least 4 members (excludes halogenated alkanes) is 1. The highest BCUT2D eigenvalue weighted by Gasteiger charge is 2.34. The number of rotatable bonds is 7. The summed E-state index contributed by atoms with van der Waals surface area (Å²) in [5, 5.41) is 2.79. The van der Waals surface area contributed by atoms with Crippen molar-refractivity contribution in [2.24, 2.45) is 0 Å². The van der Waals surface area contributed by atoms with Crippen molar-refractivity contribution in [3.05, 3.63) is 28.8 Å². The van der Waals surface area contributed by atoms with Crippen molar-refractivity contribution in [2.45, 2.75) is 26.2 Å². The summed E-state index contributed by atoms with van der Waals surface area (Å²) in [6.07, 6.45) is 7.45. The van der Waals surface area contributed by atoms with Gasteiger partial charge in [-0.25, -0.2) is 0 Å². The van der Waals surface area contributed by atoms with Crippen LogP contribution in [0.1, 0.15) is 42.1 Å². The summed E-state index contributed by atoms with van der Waals surface area (Å²) in [6, 6.07) is 3.30. The third-order valence-corrected chi connectivity index (χ3v) is 3.94. The predicted octanol–water partition coefficient (Wildman–Crippen LogP) is 2.59. The number of fused-ring (bicyclic) bond motifs is 1. The van der Waals surface area contributed by atoms with Crippen molar-refractivity contribution in [3.63, 3.8) is 0 Å². The molecule has 5 nitrogen and oxygen atoms in total. The van der Waals surface area contributed by atoms with Gasteiger partial charge in [0, 0.05) is 18.5 Å². The van der Waals surface area contributed by atoms with Crippen LogP contribution in [0.4, 0.5) is 0 Å². The van der Waals surface area contributed by atoms with Gasteiger partial charge >= 0.3 is 0 Å². The number of ether oxygens (including phenoxy) is 2. The third kappa shape index (κ3) is 3.13. The van der Waals surface area contributed by atoms with Gasteiger partial charge in [0.1, 0.15) is 0 Å². The average molecular weight is 327 g/mol. The molecule has 0 spiro atoms. The van der Waals surface area contributed by atoms with Crippen molar-refractivity contribution in [1.82, 2.24) is 5.32 Å². The van der Waals surface area contributed by atoms with E-state index >= 15 is 0 Å². The minimum atomic E-state index is -0.382. The van der Waals surface area contributed by atoms with Gasteiger partial charge in [-0.2, -0.15) is 0 Å². The fourth-order valence-electron chi connectivity index (χ4n) is 2.72. The Labute approximate surface area is 142 Å². The Bertz CT molecular complexity index is 740. The fourth-order valence-corrected chi connectivity index (χ4v) is 2.72. The molecule has 1 aliphatic carbocycles. The molecule has 0 aliphatic heterocycles. The normalized spacial score (nSPS) is 12.7. The summed E-state index contributed by atoms with van der Waals surface area (Å²) < 4.78 is 10.5. The first-order valence-electron chi connectivity index (χ1n) is 7.84. The molecule has 24 heavy (non-hydrogen) atoms. The van der Waals surface area contributed by atoms with Crippen LogP contribution in [0, 0.1) is 12.3 Å². The molecule has 0 aromatic heterocycles. The second kappa shape index (κ2) is 7.69. The molecule has 1 aliphatic rings. The first kappa shape index (κ1) is 17.6. The van der Waals surface area contributed by atoms with Crippen LogP contribution in [0.15, 0.2) is 17.7 Å². The zero-order valence-corrected chi connectivity index (χ0v) is 14.2. The van der Waals surface area contributed by atoms with E-state index < -0.39 is 0 Å². The lowest BCUT2D eigenvalue weighted by atomic mass is 10.0. The minimum absolute atomic E-state index is 0.120. The zero-order valence-electron chi connectivity index (χ0n) is 14.2. The summed E-state index contributed by atoms with van der Waals surface area (Å²) in [7, 11) is 3.02. The first-order chi connectivity index (χ1) is 11.6. The Morgan fingerprint density at radius 3 is 2.38 bits per heavy atom. The highest BCUT2D eigenvalue weighted by atomic mass is 16.5. The van der Waals surface area contributed by atoms with Crippen LogP contribution in [0.25, 0.3) is 5.57 Å². The lowest BCUT2D eigenvalue weighted by Crippen LogP contribution is -2.28. The highest BCUT2D eigenvalue weighted by molar-refractivity contribution is 6.34. The van der Waals surface area contributed by atoms with Gasteiger partial charge in [0.15, 0.2) is 17.3 Å². The summed E-state index contributed by atoms with van der Waals surface area (Å²) in [5.41, 5.74) is 1.73. The maximum absolute atomic E-state index is 12.7. The largest absolute Gasteiger partial charge is 0.493 e. The van der Waals surface area contributed by atoms with Gasteiger partial charge in [-0.1, -0.05) is 13.3 Å². The number of allylic oxidation sites excluding steroid dienone is 1. The number of carbonyl (C=O) groups excluding carboxylic acids is 2. The predicted molar refractivity (Wildman–Crippen MR) is 92.2 cm³/mol. The number of methoxy groups -OCH3 is 2. The van der Waals surface area contributed by atoms with Gasteiger partial charge in [0.2, 0.25) is 0 Å². The first-order valence-corrected chi connectivity index (χ1v) is 7.84. The van der Waals surface area contributed by atoms with E-state index in [9.17, 15) is 9.59 Å². The van der Waals surface area contributed by atoms with E-state index in [2.05, 4.69) is 11.2 Å². The fraction of sp³-hybridized carbons (Fsp3) is 0.368. The molecule has 1 amide bonds. The Kier molecular flexibility index (Phi) is 5.64. The van der Waals surface area contributed by atoms with Gasteiger partial charge in [0.05, 0.1) is 19.8 Å². The number of carbonyl (C=O) groups is 2. The van der Waals surface area contributed by atoms with Gasteiger partial charge < -0.3 is 14.8 Å². The SMILES string of the molecule is C#CCC1=C(C(=O)NCCCC)C(=O)c2cc(OC)c(OC)cc21. The van der Waals surface area contributed by atoms with Crippen molar-refractivity contribution in [1.29, 1.82) is 0 Å². The van der Waals surface area contributed by atoms with Crippen molar-refractivity contribution >= 4 is 17.3 Å². The van der Waals surface area contributed by atoms with Gasteiger partial charge in [-0.3, -0.25) is 9.59 Å². The number of nitrogens with one attached hydrogen (secondary N) is 1. The van der Waals surface area contributed by atoms with Crippen LogP contribution in [-0.2, 0) is 4.79 Å². The van der Waals surface area contributed by atoms with E-state index in [4.69, 9.17) is 15.9 Å². The zero-order chi connectivity index (χ0) is 17.7. The molecular formula is C19H21NO4. The molecule has 0 saturated heterocycles. The summed E-state index contributed by atoms with van der Waals surface area (Å²) in [6.45, 7) is 2.56. The number of amides is 1. The summed E-state index contributed by atoms with van der Waals surface area (Å²) in [5.74, 6) is 2.75. The molecule has 1 aromatic carbocycles. The number of Topliss-reactive ketones (excluding diaryl/α,β-unsaturated/α-hetero) is 1. The molecule has 1 N–H and O–H groups in total. The standard InChI is InChI=1S/C19H21NO4/c1-5-7-9-20-19(22)17-12(8-6-2)13-10-15(23-3)16(24-4)11-14(13)18(17)21/h2,10-11H,5,7-9H2,1,3-4H3,(H,20,22). The second-order valence-electron chi connectivity index (χ2n) is 5.43. The van der Waals surface area contributed by atoms with Crippen LogP contribution in [0.2, 0.25) is 0 Å². The minimum Gasteiger partial charge on any atom is -0.493 e. The van der Waals surface area contributed by atoms with Crippen molar-refractivity contribution in [3.8, 4) is 23.8 Å². The number of terminal acetylenes is 1. The topological polar surface area (TPSA) is 64.6 Å². The van der Waals surface area contributed by atoms with Crippen LogP contribution in [0.5, 0.6) is 11.5 Å². The van der Waals surface area contributed by atoms with Crippen LogP contribution in [0.3, 0.4) is 0 Å². The van der Waals surface area contributed by atoms with Gasteiger partial charge in [-0.05, 0) is 29.7 Å². The molecule has 5 heteroatoms. The van der Waals surface area contributed by atoms with Gasteiger partial charge in [-0.15, -0.1) is 12.3 Å². The van der Waals surface area contributed by atoms with E-state index in [-0.39, 0.29) is 23.7 Å². The molecule has 0 bridgehead atoms. The molecule has 0 fully saturated rings. The Balaban J connectivity index is 2.49. The monoisotopic (exact) mass is 327 g/mol. The number of ketones is 1. The highest BCUT2D eigenvalue weighted by Crippen LogP contribution is 2.41. The Morgan fingerprint density at radius 1 is 1.21 bits per heavy atom. The van der Waals surface area contributed by atoms with E-state index in [1.54, 1.807) is 12.1 Å². The van der Waals surface area contributed by atoms with Crippen LogP contribution in [-0.4, -0.2) is 32.5 Å². The molecule has 2 rings (SSSR count). The third-order valence-electron chi connectivity index (χ3n) is 3.94. The molecule has 0 atom stereocenters. The quantitative estimate of drug-likeness (QED) is 0.475. The molecule has 0 saturated carbocycles. The van der Waals surface area contributed by atoms with Crippen LogP contribution < -0.4 is 14.8 Å². The van der Waals surface area contributed by atoms with Gasteiger partial charge in [0.25, 0.3) is 5.91 Å². The lowest BCUT2D eigenvalue weighted by Gasteiger charge is -2.10. The molecule has 0 unspecified atom stereocenters. The second-order valence-corrected chi connectivity index (χ2v) is 5.43. The van der Waals surface area contributed by atoms with Crippen molar-refractivity contribution < 1.29 is 19.1 Å². The van der Waals surface area contributed by atoms with E-state index in [1.807, 2.05) is 6.92 Å². The maximum atomic E-state index is 12.7. The molecular weight excluding hydrogens is 306 g/mol. The smallest absolute Gasteiger partial charge is 0.255 e. The number of benzene rings is 1. The van der Waals surface area contributed by atoms with E-state index in [0.29, 0.717) is 34.7 Å². The molecule has 0 heterocycles. The molecule has 0 radical (unpaired) electrons. The van der Waals surface area contributed by atoms with Crippen LogP contribution >= 0.6 is 0 Å². The summed E-state index contributed by atoms with van der Waals surface area (Å²) in [4.78, 5) is 25.2. The molecule has 1 aromatic rings. The van der Waals surface area contributed by atoms with E-state index in [1.165, 1.54) is 14.2 Å². The average Bonchev–Trinajstić information content (AvgIpc) is 2.85. The Morgan fingerprint density at radius 2 is 1.83 bits per heavy atom. The van der Waals surface area contributed by atoms with Crippen molar-refractivity contribution in [2.75, 3.05) is 20.8 Å². The number of hydrogen-bond donors (Lipinski definition) is 1.